The molecule has 1 saturated carbocycles. The molecule has 31 heavy (non-hydrogen) atoms. The normalized spacial score (nSPS) is 21.9. The van der Waals surface area contributed by atoms with Crippen molar-refractivity contribution in [3.63, 3.8) is 0 Å². The number of carbonyl (C=O) groups is 1. The fourth-order valence-corrected chi connectivity index (χ4v) is 4.44. The van der Waals surface area contributed by atoms with Gasteiger partial charge in [0.05, 0.1) is 23.5 Å². The van der Waals surface area contributed by atoms with Gasteiger partial charge in [0.15, 0.2) is 0 Å². The van der Waals surface area contributed by atoms with Crippen molar-refractivity contribution in [3.05, 3.63) is 65.6 Å². The molecule has 2 atom stereocenters. The van der Waals surface area contributed by atoms with E-state index < -0.39 is 5.82 Å². The second kappa shape index (κ2) is 6.45. The zero-order valence-electron chi connectivity index (χ0n) is 16.7. The largest absolute Gasteiger partial charge is 0.337 e. The third kappa shape index (κ3) is 2.84. The van der Waals surface area contributed by atoms with Crippen LogP contribution in [0.4, 0.5) is 10.1 Å². The lowest BCUT2D eigenvalue weighted by atomic mass is 10.1. The van der Waals surface area contributed by atoms with E-state index in [1.165, 1.54) is 29.0 Å². The molecule has 2 fully saturated rings. The Balaban J connectivity index is 1.28. The number of hydrogen-bond donors (Lipinski definition) is 2. The van der Waals surface area contributed by atoms with Gasteiger partial charge in [0, 0.05) is 11.3 Å². The van der Waals surface area contributed by atoms with Crippen LogP contribution in [0.2, 0.25) is 0 Å². The van der Waals surface area contributed by atoms with Gasteiger partial charge in [-0.25, -0.2) is 8.91 Å². The third-order valence-electron chi connectivity index (χ3n) is 6.31. The maximum Gasteiger partial charge on any atom is 0.259 e. The van der Waals surface area contributed by atoms with Crippen molar-refractivity contribution in [1.29, 1.82) is 0 Å². The Morgan fingerprint density at radius 2 is 2.26 bits per heavy atom. The van der Waals surface area contributed by atoms with Crippen molar-refractivity contribution in [2.24, 2.45) is 5.92 Å². The minimum atomic E-state index is -0.421. The van der Waals surface area contributed by atoms with Crippen molar-refractivity contribution >= 4 is 17.1 Å². The lowest BCUT2D eigenvalue weighted by Crippen LogP contribution is -2.25. The number of nitrogens with zero attached hydrogens (tertiary/aromatic N) is 4. The molecule has 2 aliphatic rings. The first-order valence-corrected chi connectivity index (χ1v) is 10.2. The molecule has 9 heteroatoms. The number of rotatable bonds is 4. The molecule has 3 aromatic heterocycles. The molecule has 1 aliphatic carbocycles. The summed E-state index contributed by atoms with van der Waals surface area (Å²) in [6.07, 6.45) is 4.83. The van der Waals surface area contributed by atoms with Crippen molar-refractivity contribution < 1.29 is 13.7 Å². The lowest BCUT2D eigenvalue weighted by molar-refractivity contribution is 0.102. The zero-order chi connectivity index (χ0) is 21.2. The van der Waals surface area contributed by atoms with E-state index in [0.717, 1.165) is 30.5 Å². The van der Waals surface area contributed by atoms with Crippen molar-refractivity contribution in [2.75, 3.05) is 11.9 Å². The summed E-state index contributed by atoms with van der Waals surface area (Å²) in [6, 6.07) is 8.47. The molecule has 4 aromatic rings. The van der Waals surface area contributed by atoms with E-state index in [2.05, 4.69) is 25.9 Å². The van der Waals surface area contributed by atoms with Gasteiger partial charge in [0.25, 0.3) is 5.91 Å². The summed E-state index contributed by atoms with van der Waals surface area (Å²) in [7, 11) is 0. The van der Waals surface area contributed by atoms with Crippen LogP contribution in [0, 0.1) is 18.7 Å². The lowest BCUT2D eigenvalue weighted by Gasteiger charge is -2.09. The molecule has 6 rings (SSSR count). The predicted molar refractivity (Wildman–Crippen MR) is 110 cm³/mol. The van der Waals surface area contributed by atoms with Gasteiger partial charge in [0.2, 0.25) is 11.7 Å². The van der Waals surface area contributed by atoms with Crippen LogP contribution in [-0.4, -0.2) is 32.2 Å². The van der Waals surface area contributed by atoms with Crippen LogP contribution in [0.5, 0.6) is 0 Å². The quantitative estimate of drug-likeness (QED) is 0.528. The summed E-state index contributed by atoms with van der Waals surface area (Å²) < 4.78 is 20.3. The van der Waals surface area contributed by atoms with E-state index in [-0.39, 0.29) is 11.4 Å². The maximum absolute atomic E-state index is 13.4. The molecule has 1 unspecified atom stereocenters. The highest BCUT2D eigenvalue weighted by Crippen LogP contribution is 2.56. The smallest absolute Gasteiger partial charge is 0.259 e. The molecular formula is C22H19FN6O2. The zero-order valence-corrected chi connectivity index (χ0v) is 16.7. The van der Waals surface area contributed by atoms with Crippen LogP contribution in [0.25, 0.3) is 16.9 Å². The molecule has 8 nitrogen and oxygen atoms in total. The van der Waals surface area contributed by atoms with Crippen LogP contribution in [0.1, 0.15) is 34.7 Å². The molecule has 0 radical (unpaired) electrons. The first-order chi connectivity index (χ1) is 15.0. The first-order valence-electron chi connectivity index (χ1n) is 10.2. The maximum atomic E-state index is 13.4. The average molecular weight is 418 g/mol. The number of nitrogens with one attached hydrogen (secondary N) is 2. The van der Waals surface area contributed by atoms with Crippen molar-refractivity contribution in [1.82, 2.24) is 25.1 Å². The molecule has 4 heterocycles. The van der Waals surface area contributed by atoms with Gasteiger partial charge in [-0.05, 0) is 56.0 Å². The third-order valence-corrected chi connectivity index (χ3v) is 6.31. The summed E-state index contributed by atoms with van der Waals surface area (Å²) in [4.78, 5) is 17.5. The van der Waals surface area contributed by atoms with Gasteiger partial charge in [-0.3, -0.25) is 4.79 Å². The number of anilines is 1. The standard InChI is InChI=1S/C22H19FN6O2/c1-12-2-3-13(19-27-21(31-28-19)22-9-14(22)6-7-24-22)8-17(12)26-20(30)16-10-25-29-11-15(23)4-5-18(16)29/h2-5,8,10-11,14,24H,6-7,9H2,1H3,(H,26,30)/t14?,22-/m1/s1. The highest BCUT2D eigenvalue weighted by molar-refractivity contribution is 6.09. The summed E-state index contributed by atoms with van der Waals surface area (Å²) in [5.74, 6) is 0.953. The number of pyridine rings is 1. The number of aryl methyl sites for hydroxylation is 1. The topological polar surface area (TPSA) is 97.4 Å². The molecule has 1 aliphatic heterocycles. The average Bonchev–Trinajstić information content (AvgIpc) is 3.20. The van der Waals surface area contributed by atoms with Gasteiger partial charge < -0.3 is 15.2 Å². The fraction of sp³-hybridized carbons (Fsp3) is 0.273. The first kappa shape index (κ1) is 18.2. The Kier molecular flexibility index (Phi) is 3.79. The van der Waals surface area contributed by atoms with Gasteiger partial charge in [0.1, 0.15) is 11.4 Å². The van der Waals surface area contributed by atoms with Gasteiger partial charge in [-0.15, -0.1) is 0 Å². The van der Waals surface area contributed by atoms with Crippen molar-refractivity contribution in [3.8, 4) is 11.4 Å². The number of halogens is 1. The summed E-state index contributed by atoms with van der Waals surface area (Å²) in [5.41, 5.74) is 3.02. The molecule has 1 saturated heterocycles. The molecule has 1 aromatic carbocycles. The predicted octanol–water partition coefficient (Wildman–Crippen LogP) is 3.29. The highest BCUT2D eigenvalue weighted by Gasteiger charge is 2.62. The monoisotopic (exact) mass is 418 g/mol. The molecule has 156 valence electrons. The summed E-state index contributed by atoms with van der Waals surface area (Å²) in [6.45, 7) is 2.88. The molecule has 0 bridgehead atoms. The van der Waals surface area contributed by atoms with E-state index in [0.29, 0.717) is 34.4 Å². The number of amides is 1. The fourth-order valence-electron chi connectivity index (χ4n) is 4.44. The van der Waals surface area contributed by atoms with Crippen LogP contribution < -0.4 is 10.6 Å². The SMILES string of the molecule is Cc1ccc(-c2noc([C@@]34CC3CCN4)n2)cc1NC(=O)c1cnn2cc(F)ccc12. The van der Waals surface area contributed by atoms with Crippen LogP contribution in [0.3, 0.4) is 0 Å². The number of aromatic nitrogens is 4. The van der Waals surface area contributed by atoms with Crippen LogP contribution in [0.15, 0.2) is 47.2 Å². The highest BCUT2D eigenvalue weighted by atomic mass is 19.1. The Morgan fingerprint density at radius 3 is 3.06 bits per heavy atom. The number of carbonyl (C=O) groups excluding carboxylic acids is 1. The number of piperidine rings is 1. The summed E-state index contributed by atoms with van der Waals surface area (Å²) >= 11 is 0. The van der Waals surface area contributed by atoms with Gasteiger partial charge in [-0.1, -0.05) is 17.3 Å². The Morgan fingerprint density at radius 1 is 1.35 bits per heavy atom. The van der Waals surface area contributed by atoms with E-state index >= 15 is 0 Å². The number of hydrogen-bond acceptors (Lipinski definition) is 6. The Labute approximate surface area is 176 Å². The molecular weight excluding hydrogens is 399 g/mol. The summed E-state index contributed by atoms with van der Waals surface area (Å²) in [5, 5.41) is 14.6. The van der Waals surface area contributed by atoms with E-state index in [1.807, 2.05) is 25.1 Å². The second-order valence-electron chi connectivity index (χ2n) is 8.23. The molecule has 1 amide bonds. The van der Waals surface area contributed by atoms with E-state index in [1.54, 1.807) is 0 Å². The van der Waals surface area contributed by atoms with E-state index in [4.69, 9.17) is 4.52 Å². The molecule has 2 N–H and O–H groups in total. The van der Waals surface area contributed by atoms with Crippen LogP contribution in [-0.2, 0) is 5.54 Å². The second-order valence-corrected chi connectivity index (χ2v) is 8.23. The number of fused-ring (bicyclic) bond motifs is 2. The Bertz CT molecular complexity index is 1350. The van der Waals surface area contributed by atoms with Crippen molar-refractivity contribution in [2.45, 2.75) is 25.3 Å². The molecule has 0 spiro atoms. The van der Waals surface area contributed by atoms with Gasteiger partial charge in [-0.2, -0.15) is 10.1 Å². The van der Waals surface area contributed by atoms with Gasteiger partial charge >= 0.3 is 0 Å². The minimum absolute atomic E-state index is 0.143. The van der Waals surface area contributed by atoms with E-state index in [9.17, 15) is 9.18 Å². The Hall–Kier alpha value is -3.59. The minimum Gasteiger partial charge on any atom is -0.337 e. The number of benzene rings is 1. The van der Waals surface area contributed by atoms with Crippen LogP contribution >= 0.6 is 0 Å².